The van der Waals surface area contributed by atoms with Gasteiger partial charge in [0.25, 0.3) is 0 Å². The third kappa shape index (κ3) is 2.84. The van der Waals surface area contributed by atoms with Gasteiger partial charge in [0.2, 0.25) is 5.91 Å². The quantitative estimate of drug-likeness (QED) is 0.737. The van der Waals surface area contributed by atoms with Crippen LogP contribution in [0.1, 0.15) is 45.4 Å². The summed E-state index contributed by atoms with van der Waals surface area (Å²) in [5.74, 6) is 0.966. The van der Waals surface area contributed by atoms with Crippen molar-refractivity contribution in [3.63, 3.8) is 0 Å². The van der Waals surface area contributed by atoms with Gasteiger partial charge < -0.3 is 4.90 Å². The number of rotatable bonds is 5. The molecule has 2 aliphatic rings. The summed E-state index contributed by atoms with van der Waals surface area (Å²) in [5, 5.41) is 0. The molecule has 2 rings (SSSR count). The smallest absolute Gasteiger partial charge is 0.235 e. The summed E-state index contributed by atoms with van der Waals surface area (Å²) >= 11 is 0. The van der Waals surface area contributed by atoms with Gasteiger partial charge >= 0.3 is 0 Å². The molecule has 0 heterocycles. The molecule has 3 nitrogen and oxygen atoms in total. The van der Waals surface area contributed by atoms with Crippen molar-refractivity contribution in [3.8, 4) is 0 Å². The average Bonchev–Trinajstić information content (AvgIpc) is 2.93. The van der Waals surface area contributed by atoms with E-state index in [4.69, 9.17) is 0 Å². The minimum absolute atomic E-state index is 0.134. The first-order chi connectivity index (χ1) is 7.72. The van der Waals surface area contributed by atoms with Crippen molar-refractivity contribution in [3.05, 3.63) is 0 Å². The molecule has 0 aromatic heterocycles. The molecule has 2 aliphatic carbocycles. The maximum Gasteiger partial charge on any atom is 0.235 e. The Labute approximate surface area is 100 Å². The van der Waals surface area contributed by atoms with Crippen molar-refractivity contribution in [2.45, 2.75) is 57.5 Å². The highest BCUT2D eigenvalue weighted by molar-refractivity contribution is 7.85. The van der Waals surface area contributed by atoms with Gasteiger partial charge in [0.05, 0.1) is 0 Å². The second kappa shape index (κ2) is 5.30. The number of carbonyl (C=O) groups is 1. The summed E-state index contributed by atoms with van der Waals surface area (Å²) in [6, 6.07) is 0.929. The Morgan fingerprint density at radius 2 is 1.75 bits per heavy atom. The van der Waals surface area contributed by atoms with Gasteiger partial charge in [0.1, 0.15) is 5.75 Å². The molecule has 0 saturated heterocycles. The fourth-order valence-electron chi connectivity index (χ4n) is 2.55. The lowest BCUT2D eigenvalue weighted by Gasteiger charge is -2.29. The number of amides is 1. The zero-order valence-electron chi connectivity index (χ0n) is 9.98. The van der Waals surface area contributed by atoms with Crippen LogP contribution in [0.15, 0.2) is 0 Å². The molecule has 0 aromatic rings. The van der Waals surface area contributed by atoms with Gasteiger partial charge in [-0.05, 0) is 25.7 Å². The van der Waals surface area contributed by atoms with Crippen LogP contribution in [-0.2, 0) is 15.6 Å². The molecular formula is C12H21NO2S. The van der Waals surface area contributed by atoms with E-state index in [0.717, 1.165) is 25.7 Å². The van der Waals surface area contributed by atoms with Crippen molar-refractivity contribution in [2.24, 2.45) is 0 Å². The van der Waals surface area contributed by atoms with E-state index in [1.54, 1.807) is 0 Å². The molecule has 16 heavy (non-hydrogen) atoms. The molecule has 1 amide bonds. The van der Waals surface area contributed by atoms with Crippen molar-refractivity contribution in [1.82, 2.24) is 4.90 Å². The van der Waals surface area contributed by atoms with Crippen molar-refractivity contribution in [1.29, 1.82) is 0 Å². The second-order valence-electron chi connectivity index (χ2n) is 4.84. The molecule has 0 spiro atoms. The normalized spacial score (nSPS) is 23.3. The van der Waals surface area contributed by atoms with Crippen LogP contribution in [0.5, 0.6) is 0 Å². The molecule has 2 fully saturated rings. The van der Waals surface area contributed by atoms with Gasteiger partial charge in [0, 0.05) is 28.6 Å². The van der Waals surface area contributed by atoms with Crippen LogP contribution in [0.3, 0.4) is 0 Å². The molecule has 0 radical (unpaired) electrons. The molecule has 0 aromatic carbocycles. The van der Waals surface area contributed by atoms with E-state index in [1.807, 2.05) is 6.92 Å². The number of carbonyl (C=O) groups excluding carboxylic acids is 1. The molecule has 4 heteroatoms. The van der Waals surface area contributed by atoms with Gasteiger partial charge in [-0.25, -0.2) is 0 Å². The number of hydrogen-bond acceptors (Lipinski definition) is 2. The Kier molecular flexibility index (Phi) is 4.00. The lowest BCUT2D eigenvalue weighted by Crippen LogP contribution is -2.43. The van der Waals surface area contributed by atoms with E-state index in [0.29, 0.717) is 17.8 Å². The molecular weight excluding hydrogens is 222 g/mol. The fraction of sp³-hybridized carbons (Fsp3) is 0.917. The molecule has 0 aliphatic heterocycles. The van der Waals surface area contributed by atoms with E-state index >= 15 is 0 Å². The van der Waals surface area contributed by atoms with Crippen LogP contribution in [0.2, 0.25) is 0 Å². The van der Waals surface area contributed by atoms with Crippen LogP contribution in [0, 0.1) is 0 Å². The van der Waals surface area contributed by atoms with E-state index in [2.05, 4.69) is 4.90 Å². The van der Waals surface area contributed by atoms with Crippen molar-refractivity contribution >= 4 is 16.7 Å². The highest BCUT2D eigenvalue weighted by Gasteiger charge is 2.38. The van der Waals surface area contributed by atoms with Gasteiger partial charge in [-0.1, -0.05) is 19.8 Å². The van der Waals surface area contributed by atoms with Gasteiger partial charge in [-0.3, -0.25) is 9.00 Å². The fourth-order valence-corrected chi connectivity index (χ4v) is 3.18. The van der Waals surface area contributed by atoms with Crippen LogP contribution < -0.4 is 0 Å². The minimum atomic E-state index is -0.958. The van der Waals surface area contributed by atoms with E-state index in [-0.39, 0.29) is 11.7 Å². The first kappa shape index (κ1) is 12.1. The first-order valence-corrected chi connectivity index (χ1v) is 7.87. The van der Waals surface area contributed by atoms with Crippen molar-refractivity contribution < 1.29 is 9.00 Å². The standard InChI is InChI=1S/C12H21NO2S/c1-2-16(15)9-12(14)13(11-7-8-11)10-5-3-4-6-10/h10-11H,2-9H2,1H3/t16-/m0/s1. The maximum absolute atomic E-state index is 12.1. The summed E-state index contributed by atoms with van der Waals surface area (Å²) < 4.78 is 11.4. The Morgan fingerprint density at radius 1 is 1.19 bits per heavy atom. The van der Waals surface area contributed by atoms with Crippen LogP contribution >= 0.6 is 0 Å². The largest absolute Gasteiger partial charge is 0.336 e. The maximum atomic E-state index is 12.1. The summed E-state index contributed by atoms with van der Waals surface area (Å²) in [6.45, 7) is 1.88. The highest BCUT2D eigenvalue weighted by atomic mass is 32.2. The Morgan fingerprint density at radius 3 is 2.25 bits per heavy atom. The molecule has 0 unspecified atom stereocenters. The molecule has 92 valence electrons. The topological polar surface area (TPSA) is 37.4 Å². The zero-order chi connectivity index (χ0) is 11.5. The summed E-state index contributed by atoms with van der Waals surface area (Å²) in [5.41, 5.74) is 0. The number of nitrogens with zero attached hydrogens (tertiary/aromatic N) is 1. The predicted molar refractivity (Wildman–Crippen MR) is 65.7 cm³/mol. The van der Waals surface area contributed by atoms with Gasteiger partial charge in [0.15, 0.2) is 0 Å². The third-order valence-corrected chi connectivity index (χ3v) is 4.77. The highest BCUT2D eigenvalue weighted by Crippen LogP contribution is 2.34. The van der Waals surface area contributed by atoms with Crippen LogP contribution in [0.25, 0.3) is 0 Å². The minimum Gasteiger partial charge on any atom is -0.336 e. The lowest BCUT2D eigenvalue weighted by atomic mass is 10.2. The average molecular weight is 243 g/mol. The number of hydrogen-bond donors (Lipinski definition) is 0. The van der Waals surface area contributed by atoms with E-state index in [9.17, 15) is 9.00 Å². The lowest BCUT2D eigenvalue weighted by molar-refractivity contribution is -0.131. The summed E-state index contributed by atoms with van der Waals surface area (Å²) in [4.78, 5) is 14.2. The van der Waals surface area contributed by atoms with E-state index in [1.165, 1.54) is 12.8 Å². The molecule has 0 bridgehead atoms. The molecule has 2 saturated carbocycles. The Hall–Kier alpha value is -0.380. The second-order valence-corrected chi connectivity index (χ2v) is 6.59. The zero-order valence-corrected chi connectivity index (χ0v) is 10.8. The predicted octanol–water partition coefficient (Wildman–Crippen LogP) is 1.69. The van der Waals surface area contributed by atoms with Gasteiger partial charge in [-0.2, -0.15) is 0 Å². The first-order valence-electron chi connectivity index (χ1n) is 6.38. The molecule has 1 atom stereocenters. The van der Waals surface area contributed by atoms with E-state index < -0.39 is 10.8 Å². The SMILES string of the molecule is CC[S@](=O)CC(=O)N(C1CCCC1)C1CC1. The van der Waals surface area contributed by atoms with Crippen LogP contribution in [-0.4, -0.2) is 38.6 Å². The Bertz CT molecular complexity index is 283. The summed E-state index contributed by atoms with van der Waals surface area (Å²) in [6.07, 6.45) is 7.11. The summed E-state index contributed by atoms with van der Waals surface area (Å²) in [7, 11) is -0.958. The van der Waals surface area contributed by atoms with Crippen LogP contribution in [0.4, 0.5) is 0 Å². The van der Waals surface area contributed by atoms with Gasteiger partial charge in [-0.15, -0.1) is 0 Å². The Balaban J connectivity index is 1.95. The monoisotopic (exact) mass is 243 g/mol. The molecule has 0 N–H and O–H groups in total. The third-order valence-electron chi connectivity index (χ3n) is 3.55. The van der Waals surface area contributed by atoms with Crippen molar-refractivity contribution in [2.75, 3.05) is 11.5 Å².